The average Bonchev–Trinajstić information content (AvgIpc) is 2.57. The lowest BCUT2D eigenvalue weighted by Gasteiger charge is -2.15. The second-order valence-electron chi connectivity index (χ2n) is 2.80. The van der Waals surface area contributed by atoms with Gasteiger partial charge in [0.2, 0.25) is 5.91 Å². The van der Waals surface area contributed by atoms with Crippen LogP contribution in [0.1, 0.15) is 11.3 Å². The lowest BCUT2D eigenvalue weighted by atomic mass is 10.3. The molecule has 0 aromatic carbocycles. The van der Waals surface area contributed by atoms with Crippen molar-refractivity contribution < 1.29 is 9.90 Å². The Morgan fingerprint density at radius 2 is 2.46 bits per heavy atom. The minimum Gasteiger partial charge on any atom is -0.396 e. The Hall–Kier alpha value is -0.870. The molecule has 0 aliphatic rings. The maximum atomic E-state index is 11.2. The average molecular weight is 199 g/mol. The van der Waals surface area contributed by atoms with Crippen molar-refractivity contribution in [3.8, 4) is 0 Å². The number of hydrogen-bond acceptors (Lipinski definition) is 3. The van der Waals surface area contributed by atoms with Crippen LogP contribution in [-0.4, -0.2) is 29.6 Å². The Morgan fingerprint density at radius 1 is 1.69 bits per heavy atom. The number of carbonyl (C=O) groups is 1. The molecule has 0 bridgehead atoms. The molecule has 1 heterocycles. The zero-order valence-electron chi connectivity index (χ0n) is 7.56. The first-order valence-electron chi connectivity index (χ1n) is 4.11. The van der Waals surface area contributed by atoms with Crippen LogP contribution in [0.5, 0.6) is 0 Å². The number of thiophene rings is 1. The van der Waals surface area contributed by atoms with Crippen LogP contribution >= 0.6 is 11.3 Å². The lowest BCUT2D eigenvalue weighted by molar-refractivity contribution is -0.131. The molecule has 1 amide bonds. The highest BCUT2D eigenvalue weighted by molar-refractivity contribution is 7.09. The first-order valence-corrected chi connectivity index (χ1v) is 4.99. The third kappa shape index (κ3) is 3.16. The molecule has 0 aliphatic carbocycles. The van der Waals surface area contributed by atoms with Gasteiger partial charge >= 0.3 is 0 Å². The summed E-state index contributed by atoms with van der Waals surface area (Å²) in [5, 5.41) is 10.6. The third-order valence-electron chi connectivity index (χ3n) is 1.72. The van der Waals surface area contributed by atoms with Gasteiger partial charge in [-0.25, -0.2) is 0 Å². The van der Waals surface area contributed by atoms with Gasteiger partial charge in [-0.3, -0.25) is 4.79 Å². The van der Waals surface area contributed by atoms with Crippen molar-refractivity contribution in [2.45, 2.75) is 13.0 Å². The molecule has 0 saturated carbocycles. The van der Waals surface area contributed by atoms with E-state index in [1.807, 2.05) is 17.5 Å². The van der Waals surface area contributed by atoms with E-state index in [0.717, 1.165) is 4.88 Å². The van der Waals surface area contributed by atoms with Crippen molar-refractivity contribution in [1.82, 2.24) is 4.90 Å². The summed E-state index contributed by atoms with van der Waals surface area (Å²) >= 11 is 1.63. The van der Waals surface area contributed by atoms with Crippen molar-refractivity contribution in [2.24, 2.45) is 0 Å². The maximum absolute atomic E-state index is 11.2. The summed E-state index contributed by atoms with van der Waals surface area (Å²) in [5.41, 5.74) is 0. The van der Waals surface area contributed by atoms with Crippen LogP contribution in [0.2, 0.25) is 0 Å². The normalized spacial score (nSPS) is 10.0. The Balaban J connectivity index is 2.41. The van der Waals surface area contributed by atoms with Crippen LogP contribution < -0.4 is 0 Å². The lowest BCUT2D eigenvalue weighted by Crippen LogP contribution is -2.26. The molecular formula is C9H13NO2S. The summed E-state index contributed by atoms with van der Waals surface area (Å²) in [4.78, 5) is 14.0. The minimum absolute atomic E-state index is 0.0177. The van der Waals surface area contributed by atoms with Gasteiger partial charge in [0.25, 0.3) is 0 Å². The van der Waals surface area contributed by atoms with Crippen molar-refractivity contribution in [3.63, 3.8) is 0 Å². The monoisotopic (exact) mass is 199 g/mol. The summed E-state index contributed by atoms with van der Waals surface area (Å²) in [5.74, 6) is -0.0177. The molecule has 3 nitrogen and oxygen atoms in total. The molecule has 0 spiro atoms. The van der Waals surface area contributed by atoms with E-state index in [1.54, 1.807) is 23.3 Å². The Morgan fingerprint density at radius 3 is 3.00 bits per heavy atom. The van der Waals surface area contributed by atoms with E-state index in [-0.39, 0.29) is 18.9 Å². The number of aliphatic hydroxyl groups excluding tert-OH is 1. The van der Waals surface area contributed by atoms with E-state index in [0.29, 0.717) is 6.54 Å². The molecule has 72 valence electrons. The molecule has 1 aromatic heterocycles. The zero-order valence-corrected chi connectivity index (χ0v) is 8.38. The van der Waals surface area contributed by atoms with Crippen LogP contribution in [0, 0.1) is 0 Å². The van der Waals surface area contributed by atoms with E-state index in [9.17, 15) is 4.79 Å². The molecule has 1 aromatic rings. The highest BCUT2D eigenvalue weighted by Crippen LogP contribution is 2.11. The zero-order chi connectivity index (χ0) is 9.68. The van der Waals surface area contributed by atoms with Crippen molar-refractivity contribution in [1.29, 1.82) is 0 Å². The van der Waals surface area contributed by atoms with Crippen molar-refractivity contribution in [2.75, 3.05) is 13.7 Å². The molecule has 1 rings (SSSR count). The summed E-state index contributed by atoms with van der Waals surface area (Å²) in [6.07, 6.45) is 0.210. The number of nitrogens with zero attached hydrogens (tertiary/aromatic N) is 1. The predicted molar refractivity (Wildman–Crippen MR) is 52.5 cm³/mol. The Labute approximate surface area is 81.6 Å². The summed E-state index contributed by atoms with van der Waals surface area (Å²) in [7, 11) is 1.75. The fourth-order valence-electron chi connectivity index (χ4n) is 1.01. The number of rotatable bonds is 4. The fraction of sp³-hybridized carbons (Fsp3) is 0.444. The van der Waals surface area contributed by atoms with E-state index in [4.69, 9.17) is 5.11 Å². The Kier molecular flexibility index (Phi) is 3.92. The van der Waals surface area contributed by atoms with Gasteiger partial charge in [-0.2, -0.15) is 0 Å². The second-order valence-corrected chi connectivity index (χ2v) is 3.84. The van der Waals surface area contributed by atoms with Crippen LogP contribution in [0.15, 0.2) is 17.5 Å². The van der Waals surface area contributed by atoms with Gasteiger partial charge in [-0.05, 0) is 11.4 Å². The SMILES string of the molecule is CN(Cc1cccs1)C(=O)CCO. The molecule has 0 unspecified atom stereocenters. The van der Waals surface area contributed by atoms with E-state index in [2.05, 4.69) is 0 Å². The van der Waals surface area contributed by atoms with Gasteiger partial charge in [0.1, 0.15) is 0 Å². The molecule has 0 aliphatic heterocycles. The topological polar surface area (TPSA) is 40.5 Å². The van der Waals surface area contributed by atoms with Crippen molar-refractivity contribution in [3.05, 3.63) is 22.4 Å². The highest BCUT2D eigenvalue weighted by atomic mass is 32.1. The molecule has 4 heteroatoms. The van der Waals surface area contributed by atoms with Crippen LogP contribution in [0.4, 0.5) is 0 Å². The molecule has 13 heavy (non-hydrogen) atoms. The van der Waals surface area contributed by atoms with E-state index >= 15 is 0 Å². The first-order chi connectivity index (χ1) is 6.24. The molecular weight excluding hydrogens is 186 g/mol. The number of aliphatic hydroxyl groups is 1. The van der Waals surface area contributed by atoms with E-state index in [1.165, 1.54) is 0 Å². The van der Waals surface area contributed by atoms with Gasteiger partial charge in [0.05, 0.1) is 13.2 Å². The van der Waals surface area contributed by atoms with Gasteiger partial charge < -0.3 is 10.0 Å². The van der Waals surface area contributed by atoms with Crippen molar-refractivity contribution >= 4 is 17.2 Å². The molecule has 1 N–H and O–H groups in total. The Bertz CT molecular complexity index is 259. The summed E-state index contributed by atoms with van der Waals surface area (Å²) < 4.78 is 0. The van der Waals surface area contributed by atoms with E-state index < -0.39 is 0 Å². The number of hydrogen-bond donors (Lipinski definition) is 1. The van der Waals surface area contributed by atoms with Crippen LogP contribution in [-0.2, 0) is 11.3 Å². The molecule has 0 atom stereocenters. The largest absolute Gasteiger partial charge is 0.396 e. The van der Waals surface area contributed by atoms with Gasteiger partial charge in [0, 0.05) is 18.3 Å². The predicted octanol–water partition coefficient (Wildman–Crippen LogP) is 1.09. The second kappa shape index (κ2) is 4.99. The highest BCUT2D eigenvalue weighted by Gasteiger charge is 2.08. The maximum Gasteiger partial charge on any atom is 0.224 e. The van der Waals surface area contributed by atoms with Crippen LogP contribution in [0.25, 0.3) is 0 Å². The summed E-state index contributed by atoms with van der Waals surface area (Å²) in [6, 6.07) is 3.96. The van der Waals surface area contributed by atoms with Gasteiger partial charge in [-0.15, -0.1) is 11.3 Å². The summed E-state index contributed by atoms with van der Waals surface area (Å²) in [6.45, 7) is 0.560. The molecule has 0 saturated heterocycles. The van der Waals surface area contributed by atoms with Crippen LogP contribution in [0.3, 0.4) is 0 Å². The number of amides is 1. The quantitative estimate of drug-likeness (QED) is 0.788. The standard InChI is InChI=1S/C9H13NO2S/c1-10(9(12)4-5-11)7-8-3-2-6-13-8/h2-3,6,11H,4-5,7H2,1H3. The molecule has 0 fully saturated rings. The fourth-order valence-corrected chi connectivity index (χ4v) is 1.77. The number of carbonyl (C=O) groups excluding carboxylic acids is 1. The van der Waals surface area contributed by atoms with Gasteiger partial charge in [-0.1, -0.05) is 6.07 Å². The smallest absolute Gasteiger partial charge is 0.224 e. The minimum atomic E-state index is -0.0758. The third-order valence-corrected chi connectivity index (χ3v) is 2.59. The van der Waals surface area contributed by atoms with Gasteiger partial charge in [0.15, 0.2) is 0 Å². The molecule has 0 radical (unpaired) electrons. The first kappa shape index (κ1) is 10.2.